The molecule has 1 aromatic rings. The van der Waals surface area contributed by atoms with Gasteiger partial charge in [-0.15, -0.1) is 12.4 Å². The summed E-state index contributed by atoms with van der Waals surface area (Å²) < 4.78 is 45.3. The summed E-state index contributed by atoms with van der Waals surface area (Å²) >= 11 is 0. The van der Waals surface area contributed by atoms with E-state index in [1.54, 1.807) is 11.0 Å². The minimum Gasteiger partial charge on any atom is -0.442 e. The van der Waals surface area contributed by atoms with Crippen molar-refractivity contribution >= 4 is 29.9 Å². The average Bonchev–Trinajstić information content (AvgIpc) is 3.04. The predicted molar refractivity (Wildman–Crippen MR) is 87.0 cm³/mol. The second-order valence-electron chi connectivity index (χ2n) is 6.49. The lowest BCUT2D eigenvalue weighted by Gasteiger charge is -2.26. The molecule has 2 fully saturated rings. The van der Waals surface area contributed by atoms with E-state index in [2.05, 4.69) is 10.5 Å². The first-order valence-corrected chi connectivity index (χ1v) is 7.51. The number of cyclic esters (lactones) is 1. The lowest BCUT2D eigenvalue weighted by atomic mass is 10.0. The highest BCUT2D eigenvalue weighted by atomic mass is 35.5. The Morgan fingerprint density at radius 1 is 1.40 bits per heavy atom. The predicted octanol–water partition coefficient (Wildman–Crippen LogP) is 2.11. The SMILES string of the molecule is Cl.NC12CC1CN(c1ccc(C3=NNC(=O)OC3)cc1C(F)(F)F)C2. The molecule has 1 saturated carbocycles. The van der Waals surface area contributed by atoms with E-state index in [0.29, 0.717) is 13.1 Å². The Morgan fingerprint density at radius 2 is 2.16 bits per heavy atom. The highest BCUT2D eigenvalue weighted by Crippen LogP contribution is 2.50. The first kappa shape index (κ1) is 17.8. The maximum absolute atomic E-state index is 13.5. The van der Waals surface area contributed by atoms with Gasteiger partial charge < -0.3 is 15.4 Å². The van der Waals surface area contributed by atoms with Crippen LogP contribution in [0.4, 0.5) is 23.7 Å². The number of nitrogens with zero attached hydrogens (tertiary/aromatic N) is 2. The fraction of sp³-hybridized carbons (Fsp3) is 0.467. The molecule has 1 aliphatic carbocycles. The molecule has 4 rings (SSSR count). The zero-order valence-corrected chi connectivity index (χ0v) is 13.8. The van der Waals surface area contributed by atoms with Crippen LogP contribution >= 0.6 is 12.4 Å². The molecule has 25 heavy (non-hydrogen) atoms. The number of fused-ring (bicyclic) bond motifs is 1. The van der Waals surface area contributed by atoms with E-state index >= 15 is 0 Å². The number of halogens is 4. The van der Waals surface area contributed by atoms with E-state index in [-0.39, 0.29) is 47.4 Å². The van der Waals surface area contributed by atoms with Crippen molar-refractivity contribution in [2.75, 3.05) is 24.6 Å². The standard InChI is InChI=1S/C15H15F3N4O2.ClH/c16-15(17,18)10-3-8(11-6-24-13(23)21-20-11)1-2-12(10)22-5-9-4-14(9,19)7-22;/h1-3,9H,4-7,19H2,(H,21,23);1H. The molecule has 2 heterocycles. The fourth-order valence-electron chi connectivity index (χ4n) is 3.39. The summed E-state index contributed by atoms with van der Waals surface area (Å²) in [6.45, 7) is 0.805. The average molecular weight is 377 g/mol. The molecule has 0 aromatic heterocycles. The van der Waals surface area contributed by atoms with Crippen LogP contribution in [0.5, 0.6) is 0 Å². The minimum atomic E-state index is -4.50. The van der Waals surface area contributed by atoms with Gasteiger partial charge in [0.15, 0.2) is 0 Å². The number of nitrogens with two attached hydrogens (primary N) is 1. The second-order valence-corrected chi connectivity index (χ2v) is 6.49. The highest BCUT2D eigenvalue weighted by molar-refractivity contribution is 6.04. The lowest BCUT2D eigenvalue weighted by Crippen LogP contribution is -2.34. The number of rotatable bonds is 2. The number of nitrogens with one attached hydrogen (secondary N) is 1. The monoisotopic (exact) mass is 376 g/mol. The van der Waals surface area contributed by atoms with Crippen molar-refractivity contribution in [1.29, 1.82) is 0 Å². The molecule has 1 amide bonds. The minimum absolute atomic E-state index is 0. The molecule has 0 radical (unpaired) electrons. The molecule has 0 bridgehead atoms. The highest BCUT2D eigenvalue weighted by Gasteiger charge is 2.57. The van der Waals surface area contributed by atoms with Gasteiger partial charge in [0.05, 0.1) is 5.56 Å². The van der Waals surface area contributed by atoms with E-state index in [1.165, 1.54) is 6.07 Å². The Morgan fingerprint density at radius 3 is 2.72 bits per heavy atom. The van der Waals surface area contributed by atoms with Crippen molar-refractivity contribution in [2.45, 2.75) is 18.1 Å². The van der Waals surface area contributed by atoms with Gasteiger partial charge in [-0.1, -0.05) is 6.07 Å². The molecular weight excluding hydrogens is 361 g/mol. The number of hydrazone groups is 1. The third-order valence-corrected chi connectivity index (χ3v) is 4.80. The molecule has 6 nitrogen and oxygen atoms in total. The summed E-state index contributed by atoms with van der Waals surface area (Å²) in [7, 11) is 0. The van der Waals surface area contributed by atoms with Crippen LogP contribution in [-0.2, 0) is 10.9 Å². The Bertz CT molecular complexity index is 755. The van der Waals surface area contributed by atoms with E-state index in [9.17, 15) is 18.0 Å². The van der Waals surface area contributed by atoms with Crippen molar-refractivity contribution in [2.24, 2.45) is 16.8 Å². The smallest absolute Gasteiger partial charge is 0.428 e. The number of ether oxygens (including phenoxy) is 1. The van der Waals surface area contributed by atoms with Gasteiger partial charge in [0.2, 0.25) is 0 Å². The molecule has 0 spiro atoms. The van der Waals surface area contributed by atoms with Gasteiger partial charge in [-0.25, -0.2) is 10.2 Å². The van der Waals surface area contributed by atoms with Crippen molar-refractivity contribution in [1.82, 2.24) is 5.43 Å². The number of carbonyl (C=O) groups is 1. The van der Waals surface area contributed by atoms with Crippen LogP contribution in [0.25, 0.3) is 0 Å². The summed E-state index contributed by atoms with van der Waals surface area (Å²) in [4.78, 5) is 12.6. The van der Waals surface area contributed by atoms with Crippen LogP contribution < -0.4 is 16.1 Å². The first-order valence-electron chi connectivity index (χ1n) is 7.51. The third-order valence-electron chi connectivity index (χ3n) is 4.80. The van der Waals surface area contributed by atoms with Crippen LogP contribution in [0.3, 0.4) is 0 Å². The molecule has 136 valence electrons. The van der Waals surface area contributed by atoms with Gasteiger partial charge in [-0.05, 0) is 24.5 Å². The summed E-state index contributed by atoms with van der Waals surface area (Å²) in [5.41, 5.74) is 7.75. The molecule has 10 heteroatoms. The molecule has 1 aromatic carbocycles. The van der Waals surface area contributed by atoms with E-state index in [4.69, 9.17) is 10.5 Å². The maximum atomic E-state index is 13.5. The van der Waals surface area contributed by atoms with Gasteiger partial charge in [0.25, 0.3) is 0 Å². The van der Waals surface area contributed by atoms with Crippen LogP contribution in [0.15, 0.2) is 23.3 Å². The fourth-order valence-corrected chi connectivity index (χ4v) is 3.39. The van der Waals surface area contributed by atoms with Crippen molar-refractivity contribution < 1.29 is 22.7 Å². The maximum Gasteiger partial charge on any atom is 0.428 e. The number of benzene rings is 1. The molecule has 3 aliphatic rings. The van der Waals surface area contributed by atoms with Gasteiger partial charge in [-0.2, -0.15) is 18.3 Å². The Labute approximate surface area is 147 Å². The summed E-state index contributed by atoms with van der Waals surface area (Å²) in [6.07, 6.45) is -4.35. The zero-order valence-electron chi connectivity index (χ0n) is 13.0. The van der Waals surface area contributed by atoms with E-state index in [0.717, 1.165) is 12.5 Å². The number of hydrogen-bond acceptors (Lipinski definition) is 5. The van der Waals surface area contributed by atoms with Gasteiger partial charge in [0, 0.05) is 29.9 Å². The normalized spacial score (nSPS) is 27.7. The Kier molecular flexibility index (Phi) is 4.11. The van der Waals surface area contributed by atoms with Gasteiger partial charge in [-0.3, -0.25) is 0 Å². The van der Waals surface area contributed by atoms with E-state index in [1.807, 2.05) is 0 Å². The zero-order chi connectivity index (χ0) is 17.1. The first-order chi connectivity index (χ1) is 11.3. The van der Waals surface area contributed by atoms with Crippen LogP contribution in [0.2, 0.25) is 0 Å². The molecule has 1 saturated heterocycles. The number of piperidine rings is 1. The molecule has 3 N–H and O–H groups in total. The number of carbonyl (C=O) groups excluding carboxylic acids is 1. The second kappa shape index (κ2) is 5.77. The molecule has 2 atom stereocenters. The number of anilines is 1. The third kappa shape index (κ3) is 3.13. The quantitative estimate of drug-likeness (QED) is 0.828. The molecule has 2 unspecified atom stereocenters. The van der Waals surface area contributed by atoms with Crippen molar-refractivity contribution in [3.05, 3.63) is 29.3 Å². The number of alkyl halides is 3. The van der Waals surface area contributed by atoms with Crippen LogP contribution in [0.1, 0.15) is 17.5 Å². The molecular formula is C15H16ClF3N4O2. The van der Waals surface area contributed by atoms with Crippen LogP contribution in [-0.4, -0.2) is 37.0 Å². The number of amides is 1. The summed E-state index contributed by atoms with van der Waals surface area (Å²) in [5.74, 6) is 0.268. The Balaban J connectivity index is 0.00000182. The van der Waals surface area contributed by atoms with E-state index < -0.39 is 17.8 Å². The lowest BCUT2D eigenvalue weighted by molar-refractivity contribution is -0.137. The topological polar surface area (TPSA) is 80.0 Å². The van der Waals surface area contributed by atoms with Gasteiger partial charge in [0.1, 0.15) is 12.3 Å². The van der Waals surface area contributed by atoms with Crippen LogP contribution in [0, 0.1) is 5.92 Å². The number of hydrogen-bond donors (Lipinski definition) is 2. The largest absolute Gasteiger partial charge is 0.442 e. The van der Waals surface area contributed by atoms with Crippen molar-refractivity contribution in [3.8, 4) is 0 Å². The molecule has 2 aliphatic heterocycles. The van der Waals surface area contributed by atoms with Crippen molar-refractivity contribution in [3.63, 3.8) is 0 Å². The Hall–Kier alpha value is -2.00. The van der Waals surface area contributed by atoms with Gasteiger partial charge >= 0.3 is 12.3 Å². The summed E-state index contributed by atoms with van der Waals surface area (Å²) in [6, 6.07) is 4.03. The summed E-state index contributed by atoms with van der Waals surface area (Å²) in [5, 5.41) is 3.75.